The molecule has 76 valence electrons. The van der Waals surface area contributed by atoms with Gasteiger partial charge in [-0.1, -0.05) is 17.7 Å². The molecule has 0 aliphatic carbocycles. The maximum absolute atomic E-state index is 6.16. The van der Waals surface area contributed by atoms with Gasteiger partial charge in [0.2, 0.25) is 0 Å². The molecule has 0 amide bonds. The fraction of sp³-hybridized carbons (Fsp3) is 0.400. The van der Waals surface area contributed by atoms with E-state index in [2.05, 4.69) is 18.0 Å². The van der Waals surface area contributed by atoms with Crippen LogP contribution < -0.4 is 10.6 Å². The normalized spacial score (nSPS) is 20.8. The van der Waals surface area contributed by atoms with Gasteiger partial charge in [-0.25, -0.2) is 0 Å². The SMILES string of the molecule is CN1c2c(Cl)cccc2SCC1CN. The molecule has 1 aromatic carbocycles. The number of thioether (sulfide) groups is 1. The maximum atomic E-state index is 6.16. The number of fused-ring (bicyclic) bond motifs is 1. The van der Waals surface area contributed by atoms with E-state index in [-0.39, 0.29) is 0 Å². The first-order chi connectivity index (χ1) is 6.74. The number of halogens is 1. The predicted octanol–water partition coefficient (Wildman–Crippen LogP) is 2.21. The van der Waals surface area contributed by atoms with Crippen molar-refractivity contribution in [2.45, 2.75) is 10.9 Å². The Morgan fingerprint density at radius 1 is 1.64 bits per heavy atom. The van der Waals surface area contributed by atoms with Gasteiger partial charge in [-0.3, -0.25) is 0 Å². The zero-order chi connectivity index (χ0) is 10.1. The van der Waals surface area contributed by atoms with Gasteiger partial charge in [-0.2, -0.15) is 0 Å². The highest BCUT2D eigenvalue weighted by Gasteiger charge is 2.24. The summed E-state index contributed by atoms with van der Waals surface area (Å²) >= 11 is 8.00. The zero-order valence-corrected chi connectivity index (χ0v) is 9.61. The van der Waals surface area contributed by atoms with E-state index in [9.17, 15) is 0 Å². The van der Waals surface area contributed by atoms with Crippen LogP contribution in [-0.4, -0.2) is 25.4 Å². The van der Waals surface area contributed by atoms with Crippen molar-refractivity contribution in [3.05, 3.63) is 23.2 Å². The molecule has 1 unspecified atom stereocenters. The molecule has 0 bridgehead atoms. The topological polar surface area (TPSA) is 29.3 Å². The molecule has 1 aliphatic rings. The third-order valence-electron chi connectivity index (χ3n) is 2.55. The molecule has 0 radical (unpaired) electrons. The Bertz CT molecular complexity index is 343. The Morgan fingerprint density at radius 2 is 2.43 bits per heavy atom. The van der Waals surface area contributed by atoms with Gasteiger partial charge in [0.05, 0.1) is 16.8 Å². The highest BCUT2D eigenvalue weighted by Crippen LogP contribution is 2.40. The zero-order valence-electron chi connectivity index (χ0n) is 8.03. The van der Waals surface area contributed by atoms with Crippen LogP contribution in [0.1, 0.15) is 0 Å². The van der Waals surface area contributed by atoms with E-state index in [0.29, 0.717) is 12.6 Å². The number of hydrogen-bond acceptors (Lipinski definition) is 3. The average Bonchev–Trinajstić information content (AvgIpc) is 2.18. The van der Waals surface area contributed by atoms with Crippen molar-refractivity contribution in [1.82, 2.24) is 0 Å². The minimum Gasteiger partial charge on any atom is -0.367 e. The third-order valence-corrected chi connectivity index (χ3v) is 4.05. The Morgan fingerprint density at radius 3 is 3.14 bits per heavy atom. The van der Waals surface area contributed by atoms with E-state index >= 15 is 0 Å². The summed E-state index contributed by atoms with van der Waals surface area (Å²) in [4.78, 5) is 3.44. The summed E-state index contributed by atoms with van der Waals surface area (Å²) in [5.41, 5.74) is 6.83. The van der Waals surface area contributed by atoms with Crippen molar-refractivity contribution in [2.24, 2.45) is 5.73 Å². The second-order valence-corrected chi connectivity index (χ2v) is 4.87. The average molecular weight is 229 g/mol. The van der Waals surface area contributed by atoms with Crippen LogP contribution in [0.4, 0.5) is 5.69 Å². The molecule has 1 aromatic rings. The first-order valence-electron chi connectivity index (χ1n) is 4.58. The quantitative estimate of drug-likeness (QED) is 0.799. The number of nitrogens with two attached hydrogens (primary N) is 1. The lowest BCUT2D eigenvalue weighted by molar-refractivity contribution is 0.692. The number of likely N-dealkylation sites (N-methyl/N-ethyl adjacent to an activating group) is 1. The standard InChI is InChI=1S/C10H13ClN2S/c1-13-7(5-12)6-14-9-4-2-3-8(11)10(9)13/h2-4,7H,5-6,12H2,1H3. The highest BCUT2D eigenvalue weighted by molar-refractivity contribution is 7.99. The smallest absolute Gasteiger partial charge is 0.0694 e. The second-order valence-electron chi connectivity index (χ2n) is 3.40. The van der Waals surface area contributed by atoms with E-state index < -0.39 is 0 Å². The van der Waals surface area contributed by atoms with Crippen molar-refractivity contribution >= 4 is 29.1 Å². The number of hydrogen-bond donors (Lipinski definition) is 1. The van der Waals surface area contributed by atoms with E-state index in [4.69, 9.17) is 17.3 Å². The number of rotatable bonds is 1. The molecule has 14 heavy (non-hydrogen) atoms. The molecule has 0 fully saturated rings. The number of benzene rings is 1. The molecule has 0 spiro atoms. The predicted molar refractivity (Wildman–Crippen MR) is 63.4 cm³/mol. The molecule has 1 aliphatic heterocycles. The van der Waals surface area contributed by atoms with E-state index in [0.717, 1.165) is 16.5 Å². The summed E-state index contributed by atoms with van der Waals surface area (Å²) in [5, 5.41) is 0.815. The summed E-state index contributed by atoms with van der Waals surface area (Å²) in [6.07, 6.45) is 0. The van der Waals surface area contributed by atoms with Gasteiger partial charge in [0, 0.05) is 24.2 Å². The summed E-state index contributed by atoms with van der Waals surface area (Å²) < 4.78 is 0. The lowest BCUT2D eigenvalue weighted by atomic mass is 10.2. The third kappa shape index (κ3) is 1.60. The highest BCUT2D eigenvalue weighted by atomic mass is 35.5. The van der Waals surface area contributed by atoms with Crippen LogP contribution in [0.15, 0.2) is 23.1 Å². The molecule has 0 saturated carbocycles. The lowest BCUT2D eigenvalue weighted by Gasteiger charge is -2.35. The molecular weight excluding hydrogens is 216 g/mol. The van der Waals surface area contributed by atoms with Crippen LogP contribution in [0.5, 0.6) is 0 Å². The van der Waals surface area contributed by atoms with Crippen LogP contribution in [0.3, 0.4) is 0 Å². The van der Waals surface area contributed by atoms with Crippen molar-refractivity contribution in [1.29, 1.82) is 0 Å². The Labute approximate surface area is 93.4 Å². The molecular formula is C10H13ClN2S. The molecule has 2 N–H and O–H groups in total. The number of nitrogens with zero attached hydrogens (tertiary/aromatic N) is 1. The van der Waals surface area contributed by atoms with Crippen molar-refractivity contribution < 1.29 is 0 Å². The monoisotopic (exact) mass is 228 g/mol. The van der Waals surface area contributed by atoms with E-state index in [1.807, 2.05) is 23.9 Å². The van der Waals surface area contributed by atoms with Crippen molar-refractivity contribution in [2.75, 3.05) is 24.2 Å². The molecule has 1 atom stereocenters. The van der Waals surface area contributed by atoms with Gasteiger partial charge in [-0.05, 0) is 12.1 Å². The second kappa shape index (κ2) is 4.01. The largest absolute Gasteiger partial charge is 0.367 e. The number of anilines is 1. The fourth-order valence-corrected chi connectivity index (χ4v) is 3.32. The lowest BCUT2D eigenvalue weighted by Crippen LogP contribution is -2.42. The molecule has 4 heteroatoms. The first kappa shape index (κ1) is 10.1. The van der Waals surface area contributed by atoms with Gasteiger partial charge in [0.25, 0.3) is 0 Å². The van der Waals surface area contributed by atoms with Crippen LogP contribution in [-0.2, 0) is 0 Å². The fourth-order valence-electron chi connectivity index (χ4n) is 1.66. The van der Waals surface area contributed by atoms with Gasteiger partial charge in [-0.15, -0.1) is 11.8 Å². The van der Waals surface area contributed by atoms with Gasteiger partial charge in [0.1, 0.15) is 0 Å². The maximum Gasteiger partial charge on any atom is 0.0694 e. The Hall–Kier alpha value is -0.380. The van der Waals surface area contributed by atoms with Crippen LogP contribution in [0.25, 0.3) is 0 Å². The minimum absolute atomic E-state index is 0.396. The van der Waals surface area contributed by atoms with Crippen molar-refractivity contribution in [3.8, 4) is 0 Å². The van der Waals surface area contributed by atoms with Crippen LogP contribution >= 0.6 is 23.4 Å². The van der Waals surface area contributed by atoms with Crippen LogP contribution in [0.2, 0.25) is 5.02 Å². The molecule has 2 nitrogen and oxygen atoms in total. The molecule has 0 aromatic heterocycles. The molecule has 1 heterocycles. The van der Waals surface area contributed by atoms with E-state index in [1.165, 1.54) is 4.90 Å². The minimum atomic E-state index is 0.396. The molecule has 2 rings (SSSR count). The summed E-state index contributed by atoms with van der Waals surface area (Å²) in [6.45, 7) is 0.675. The summed E-state index contributed by atoms with van der Waals surface area (Å²) in [7, 11) is 2.06. The summed E-state index contributed by atoms with van der Waals surface area (Å²) in [5.74, 6) is 1.04. The van der Waals surface area contributed by atoms with Gasteiger partial charge in [0.15, 0.2) is 0 Å². The first-order valence-corrected chi connectivity index (χ1v) is 5.94. The van der Waals surface area contributed by atoms with E-state index in [1.54, 1.807) is 0 Å². The Balaban J connectivity index is 2.43. The van der Waals surface area contributed by atoms with Crippen LogP contribution in [0, 0.1) is 0 Å². The number of para-hydroxylation sites is 1. The summed E-state index contributed by atoms with van der Waals surface area (Å²) in [6, 6.07) is 6.42. The Kier molecular flexibility index (Phi) is 2.91. The van der Waals surface area contributed by atoms with Gasteiger partial charge < -0.3 is 10.6 Å². The van der Waals surface area contributed by atoms with Crippen molar-refractivity contribution in [3.63, 3.8) is 0 Å². The molecule has 0 saturated heterocycles. The van der Waals surface area contributed by atoms with Gasteiger partial charge >= 0.3 is 0 Å².